The van der Waals surface area contributed by atoms with Gasteiger partial charge in [-0.2, -0.15) is 0 Å². The number of nitrogens with one attached hydrogen (secondary N) is 1. The van der Waals surface area contributed by atoms with Crippen molar-refractivity contribution in [2.45, 2.75) is 0 Å². The molecule has 0 unspecified atom stereocenters. The molecule has 1 aromatic carbocycles. The molecule has 1 heterocycles. The number of rotatable bonds is 2. The number of terminal acetylenes is 1. The summed E-state index contributed by atoms with van der Waals surface area (Å²) in [5.74, 6) is 2.50. The highest BCUT2D eigenvalue weighted by Gasteiger charge is 2.04. The summed E-state index contributed by atoms with van der Waals surface area (Å²) in [5, 5.41) is 4.06. The van der Waals surface area contributed by atoms with Crippen LogP contribution in [0.15, 0.2) is 35.1 Å². The minimum absolute atomic E-state index is 0.0433. The van der Waals surface area contributed by atoms with Gasteiger partial charge in [0.1, 0.15) is 0 Å². The van der Waals surface area contributed by atoms with Crippen molar-refractivity contribution in [2.75, 3.05) is 11.9 Å². The first-order chi connectivity index (χ1) is 7.74. The van der Waals surface area contributed by atoms with Crippen molar-refractivity contribution in [1.29, 1.82) is 0 Å². The number of fused-ring (bicyclic) bond motifs is 1. The summed E-state index contributed by atoms with van der Waals surface area (Å²) in [6.45, 7) is 0.414. The minimum Gasteiger partial charge on any atom is -0.373 e. The van der Waals surface area contributed by atoms with Gasteiger partial charge in [-0.1, -0.05) is 24.1 Å². The van der Waals surface area contributed by atoms with Crippen LogP contribution in [0.1, 0.15) is 0 Å². The molecule has 0 aliphatic heterocycles. The molecule has 3 nitrogen and oxygen atoms in total. The molecule has 0 aliphatic rings. The number of nitrogens with zero attached hydrogens (tertiary/aromatic N) is 1. The lowest BCUT2D eigenvalue weighted by atomic mass is 10.2. The smallest absolute Gasteiger partial charge is 0.252 e. The summed E-state index contributed by atoms with van der Waals surface area (Å²) in [6, 6.07) is 9.30. The molecule has 0 aliphatic carbocycles. The Morgan fingerprint density at radius 3 is 2.94 bits per heavy atom. The Bertz CT molecular complexity index is 620. The van der Waals surface area contributed by atoms with E-state index in [1.807, 2.05) is 24.3 Å². The fraction of sp³-hybridized carbons (Fsp3) is 0.154. The van der Waals surface area contributed by atoms with E-state index in [4.69, 9.17) is 6.42 Å². The second-order valence-corrected chi connectivity index (χ2v) is 3.53. The lowest BCUT2D eigenvalue weighted by molar-refractivity contribution is 0.906. The van der Waals surface area contributed by atoms with E-state index in [1.54, 1.807) is 17.7 Å². The van der Waals surface area contributed by atoms with E-state index >= 15 is 0 Å². The number of aryl methyl sites for hydroxylation is 1. The van der Waals surface area contributed by atoms with Crippen molar-refractivity contribution in [2.24, 2.45) is 7.05 Å². The molecule has 0 saturated carbocycles. The molecule has 1 N–H and O–H groups in total. The molecule has 0 fully saturated rings. The average Bonchev–Trinajstić information content (AvgIpc) is 2.32. The standard InChI is InChI=1S/C13H12N2O/c1-3-8-14-11-9-13(16)15(2)12-7-5-4-6-10(11)12/h1,4-7,9,14H,8H2,2H3. The molecule has 3 heteroatoms. The van der Waals surface area contributed by atoms with Crippen LogP contribution < -0.4 is 10.9 Å². The SMILES string of the molecule is C#CCNc1cc(=O)n(C)c2ccccc12. The third kappa shape index (κ3) is 1.66. The van der Waals surface area contributed by atoms with Crippen LogP contribution in [-0.4, -0.2) is 11.1 Å². The van der Waals surface area contributed by atoms with Gasteiger partial charge in [0.2, 0.25) is 0 Å². The van der Waals surface area contributed by atoms with Crippen LogP contribution in [0.25, 0.3) is 10.9 Å². The number of hydrogen-bond donors (Lipinski definition) is 1. The normalized spacial score (nSPS) is 10.0. The predicted molar refractivity (Wildman–Crippen MR) is 66.5 cm³/mol. The molecule has 0 atom stereocenters. The lowest BCUT2D eigenvalue weighted by Gasteiger charge is -2.10. The van der Waals surface area contributed by atoms with Crippen molar-refractivity contribution in [3.05, 3.63) is 40.7 Å². The zero-order valence-electron chi connectivity index (χ0n) is 9.03. The topological polar surface area (TPSA) is 34.0 Å². The molecule has 0 amide bonds. The van der Waals surface area contributed by atoms with Gasteiger partial charge < -0.3 is 9.88 Å². The number of pyridine rings is 1. The number of aromatic nitrogens is 1. The van der Waals surface area contributed by atoms with Crippen molar-refractivity contribution >= 4 is 16.6 Å². The maximum Gasteiger partial charge on any atom is 0.252 e. The highest BCUT2D eigenvalue weighted by atomic mass is 16.1. The minimum atomic E-state index is -0.0433. The van der Waals surface area contributed by atoms with Crippen LogP contribution >= 0.6 is 0 Å². The first-order valence-electron chi connectivity index (χ1n) is 5.00. The van der Waals surface area contributed by atoms with Gasteiger partial charge in [0.15, 0.2) is 0 Å². The molecule has 0 spiro atoms. The fourth-order valence-electron chi connectivity index (χ4n) is 1.70. The molecule has 0 saturated heterocycles. The second kappa shape index (κ2) is 4.11. The van der Waals surface area contributed by atoms with Crippen LogP contribution in [0.3, 0.4) is 0 Å². The van der Waals surface area contributed by atoms with E-state index in [9.17, 15) is 4.79 Å². The van der Waals surface area contributed by atoms with Crippen molar-refractivity contribution in [1.82, 2.24) is 4.57 Å². The van der Waals surface area contributed by atoms with Gasteiger partial charge in [0.25, 0.3) is 5.56 Å². The van der Waals surface area contributed by atoms with Gasteiger partial charge in [-0.25, -0.2) is 0 Å². The molecule has 80 valence electrons. The van der Waals surface area contributed by atoms with E-state index < -0.39 is 0 Å². The van der Waals surface area contributed by atoms with E-state index in [0.717, 1.165) is 16.6 Å². The first kappa shape index (κ1) is 10.3. The molecule has 16 heavy (non-hydrogen) atoms. The summed E-state index contributed by atoms with van der Waals surface area (Å²) in [4.78, 5) is 11.7. The van der Waals surface area contributed by atoms with E-state index in [2.05, 4.69) is 11.2 Å². The summed E-state index contributed by atoms with van der Waals surface area (Å²) in [5.41, 5.74) is 1.64. The van der Waals surface area contributed by atoms with Gasteiger partial charge in [-0.05, 0) is 6.07 Å². The Labute approximate surface area is 93.7 Å². The van der Waals surface area contributed by atoms with Gasteiger partial charge >= 0.3 is 0 Å². The summed E-state index contributed by atoms with van der Waals surface area (Å²) in [6.07, 6.45) is 5.19. The molecule has 0 bridgehead atoms. The quantitative estimate of drug-likeness (QED) is 0.767. The fourth-order valence-corrected chi connectivity index (χ4v) is 1.70. The van der Waals surface area contributed by atoms with Crippen LogP contribution in [-0.2, 0) is 7.05 Å². The summed E-state index contributed by atoms with van der Waals surface area (Å²) < 4.78 is 1.62. The van der Waals surface area contributed by atoms with E-state index in [1.165, 1.54) is 0 Å². The second-order valence-electron chi connectivity index (χ2n) is 3.53. The van der Waals surface area contributed by atoms with Crippen molar-refractivity contribution < 1.29 is 0 Å². The number of para-hydroxylation sites is 1. The van der Waals surface area contributed by atoms with Crippen LogP contribution in [0.5, 0.6) is 0 Å². The zero-order valence-corrected chi connectivity index (χ0v) is 9.03. The van der Waals surface area contributed by atoms with Crippen LogP contribution in [0, 0.1) is 12.3 Å². The van der Waals surface area contributed by atoms with E-state index in [0.29, 0.717) is 6.54 Å². The van der Waals surface area contributed by atoms with Crippen LogP contribution in [0.2, 0.25) is 0 Å². The number of benzene rings is 1. The Morgan fingerprint density at radius 2 is 2.19 bits per heavy atom. The average molecular weight is 212 g/mol. The monoisotopic (exact) mass is 212 g/mol. The largest absolute Gasteiger partial charge is 0.373 e. The Kier molecular flexibility index (Phi) is 2.65. The van der Waals surface area contributed by atoms with Crippen molar-refractivity contribution in [3.8, 4) is 12.3 Å². The first-order valence-corrected chi connectivity index (χ1v) is 5.00. The number of hydrogen-bond acceptors (Lipinski definition) is 2. The highest BCUT2D eigenvalue weighted by molar-refractivity contribution is 5.91. The summed E-state index contributed by atoms with van der Waals surface area (Å²) in [7, 11) is 1.76. The van der Waals surface area contributed by atoms with Gasteiger partial charge in [0, 0.05) is 24.2 Å². The molecular formula is C13H12N2O. The third-order valence-electron chi connectivity index (χ3n) is 2.53. The van der Waals surface area contributed by atoms with Crippen molar-refractivity contribution in [3.63, 3.8) is 0 Å². The molecular weight excluding hydrogens is 200 g/mol. The lowest BCUT2D eigenvalue weighted by Crippen LogP contribution is -2.17. The van der Waals surface area contributed by atoms with Gasteiger partial charge in [-0.15, -0.1) is 6.42 Å². The Hall–Kier alpha value is -2.21. The maximum atomic E-state index is 11.7. The Morgan fingerprint density at radius 1 is 1.44 bits per heavy atom. The predicted octanol–water partition coefficient (Wildman–Crippen LogP) is 1.58. The Balaban J connectivity index is 2.71. The zero-order chi connectivity index (χ0) is 11.5. The van der Waals surface area contributed by atoms with E-state index in [-0.39, 0.29) is 5.56 Å². The molecule has 2 rings (SSSR count). The highest BCUT2D eigenvalue weighted by Crippen LogP contribution is 2.20. The number of anilines is 1. The molecule has 1 aromatic heterocycles. The molecule has 2 aromatic rings. The van der Waals surface area contributed by atoms with Gasteiger partial charge in [0.05, 0.1) is 12.1 Å². The molecule has 0 radical (unpaired) electrons. The maximum absolute atomic E-state index is 11.7. The van der Waals surface area contributed by atoms with Crippen LogP contribution in [0.4, 0.5) is 5.69 Å². The van der Waals surface area contributed by atoms with Gasteiger partial charge in [-0.3, -0.25) is 4.79 Å². The third-order valence-corrected chi connectivity index (χ3v) is 2.53. The summed E-state index contributed by atoms with van der Waals surface area (Å²) >= 11 is 0.